The highest BCUT2D eigenvalue weighted by Gasteiger charge is 2.37. The van der Waals surface area contributed by atoms with Crippen LogP contribution in [0.25, 0.3) is 0 Å². The summed E-state index contributed by atoms with van der Waals surface area (Å²) in [6.07, 6.45) is 1.41. The van der Waals surface area contributed by atoms with Crippen LogP contribution in [0.3, 0.4) is 0 Å². The van der Waals surface area contributed by atoms with Crippen molar-refractivity contribution in [3.8, 4) is 0 Å². The molecule has 118 valence electrons. The maximum absolute atomic E-state index is 12.6. The second kappa shape index (κ2) is 6.04. The average molecular weight is 333 g/mol. The van der Waals surface area contributed by atoms with Gasteiger partial charge in [0.2, 0.25) is 0 Å². The first kappa shape index (κ1) is 16.4. The number of ether oxygens (including phenoxy) is 1. The molecular formula is C13H19NO5S2. The number of carboxylic acids is 1. The van der Waals surface area contributed by atoms with Crippen molar-refractivity contribution in [2.24, 2.45) is 0 Å². The van der Waals surface area contributed by atoms with E-state index in [2.05, 4.69) is 0 Å². The lowest BCUT2D eigenvalue weighted by atomic mass is 9.96. The Hall–Kier alpha value is -0.960. The number of piperidine rings is 1. The lowest BCUT2D eigenvalue weighted by molar-refractivity contribution is -0.136. The normalized spacial score (nSPS) is 24.1. The molecule has 0 aromatic carbocycles. The van der Waals surface area contributed by atoms with Crippen LogP contribution in [0, 0.1) is 0 Å². The monoisotopic (exact) mass is 333 g/mol. The Morgan fingerprint density at radius 2 is 2.24 bits per heavy atom. The van der Waals surface area contributed by atoms with Gasteiger partial charge in [-0.15, -0.1) is 11.3 Å². The van der Waals surface area contributed by atoms with Gasteiger partial charge in [-0.2, -0.15) is 4.31 Å². The van der Waals surface area contributed by atoms with Gasteiger partial charge in [0.1, 0.15) is 4.21 Å². The van der Waals surface area contributed by atoms with Gasteiger partial charge in [-0.25, -0.2) is 8.42 Å². The molecule has 0 aliphatic carbocycles. The number of hydrogen-bond acceptors (Lipinski definition) is 5. The molecule has 8 heteroatoms. The molecule has 1 fully saturated rings. The molecule has 1 aliphatic heterocycles. The number of carboxylic acid groups (broad SMARTS) is 1. The Balaban J connectivity index is 2.21. The highest BCUT2D eigenvalue weighted by Crippen LogP contribution is 2.31. The summed E-state index contributed by atoms with van der Waals surface area (Å²) in [5.74, 6) is -0.967. The lowest BCUT2D eigenvalue weighted by Gasteiger charge is -2.38. The van der Waals surface area contributed by atoms with Crippen LogP contribution in [0.4, 0.5) is 0 Å². The molecular weight excluding hydrogens is 314 g/mol. The van der Waals surface area contributed by atoms with Gasteiger partial charge in [-0.1, -0.05) is 0 Å². The largest absolute Gasteiger partial charge is 0.481 e. The molecule has 1 atom stereocenters. The van der Waals surface area contributed by atoms with Crippen LogP contribution in [-0.4, -0.2) is 49.6 Å². The predicted molar refractivity (Wildman–Crippen MR) is 79.1 cm³/mol. The zero-order valence-corrected chi connectivity index (χ0v) is 13.7. The van der Waals surface area contributed by atoms with Gasteiger partial charge in [0.15, 0.2) is 0 Å². The van der Waals surface area contributed by atoms with E-state index >= 15 is 0 Å². The third kappa shape index (κ3) is 3.63. The number of rotatable bonds is 5. The summed E-state index contributed by atoms with van der Waals surface area (Å²) in [6.45, 7) is 2.68. The Bertz CT molecular complexity index is 624. The van der Waals surface area contributed by atoms with E-state index in [1.165, 1.54) is 10.4 Å². The van der Waals surface area contributed by atoms with Gasteiger partial charge >= 0.3 is 5.97 Å². The molecule has 1 saturated heterocycles. The number of carbonyl (C=O) groups is 1. The van der Waals surface area contributed by atoms with E-state index in [9.17, 15) is 13.2 Å². The molecule has 6 nitrogen and oxygen atoms in total. The second-order valence-corrected chi connectivity index (χ2v) is 8.72. The smallest absolute Gasteiger partial charge is 0.308 e. The first-order chi connectivity index (χ1) is 9.77. The molecule has 0 spiro atoms. The van der Waals surface area contributed by atoms with E-state index in [1.54, 1.807) is 13.2 Å². The molecule has 0 saturated carbocycles. The molecule has 21 heavy (non-hydrogen) atoms. The molecule has 1 N–H and O–H groups in total. The molecule has 0 amide bonds. The van der Waals surface area contributed by atoms with Crippen molar-refractivity contribution in [2.45, 2.75) is 36.0 Å². The molecule has 0 radical (unpaired) electrons. The number of hydrogen-bond donors (Lipinski definition) is 1. The van der Waals surface area contributed by atoms with Crippen LogP contribution in [0.15, 0.2) is 16.3 Å². The molecule has 1 unspecified atom stereocenters. The summed E-state index contributed by atoms with van der Waals surface area (Å²) in [6, 6.07) is 3.04. The topological polar surface area (TPSA) is 83.9 Å². The third-order valence-electron chi connectivity index (χ3n) is 3.67. The van der Waals surface area contributed by atoms with Crippen molar-refractivity contribution in [3.63, 3.8) is 0 Å². The van der Waals surface area contributed by atoms with Crippen molar-refractivity contribution in [3.05, 3.63) is 17.0 Å². The SMILES string of the molecule is COC1(C)CCCN(S(=O)(=O)c2ccc(CC(=O)O)s2)C1. The minimum absolute atomic E-state index is 0.157. The summed E-state index contributed by atoms with van der Waals surface area (Å²) in [5, 5.41) is 8.76. The highest BCUT2D eigenvalue weighted by atomic mass is 32.2. The lowest BCUT2D eigenvalue weighted by Crippen LogP contribution is -2.49. The van der Waals surface area contributed by atoms with Gasteiger partial charge < -0.3 is 9.84 Å². The summed E-state index contributed by atoms with van der Waals surface area (Å²) in [5.41, 5.74) is -0.466. The average Bonchev–Trinajstić information content (AvgIpc) is 2.87. The van der Waals surface area contributed by atoms with Crippen LogP contribution >= 0.6 is 11.3 Å². The fourth-order valence-electron chi connectivity index (χ4n) is 2.40. The van der Waals surface area contributed by atoms with Crippen LogP contribution in [-0.2, 0) is 26.0 Å². The van der Waals surface area contributed by atoms with Crippen molar-refractivity contribution >= 4 is 27.3 Å². The number of aliphatic carboxylic acids is 1. The van der Waals surface area contributed by atoms with Crippen molar-refractivity contribution in [2.75, 3.05) is 20.2 Å². The first-order valence-electron chi connectivity index (χ1n) is 6.63. The van der Waals surface area contributed by atoms with E-state index in [1.807, 2.05) is 6.92 Å². The van der Waals surface area contributed by atoms with Crippen LogP contribution < -0.4 is 0 Å². The van der Waals surface area contributed by atoms with E-state index < -0.39 is 21.6 Å². The number of nitrogens with zero attached hydrogens (tertiary/aromatic N) is 1. The fourth-order valence-corrected chi connectivity index (χ4v) is 5.49. The Morgan fingerprint density at radius 3 is 2.86 bits per heavy atom. The van der Waals surface area contributed by atoms with Gasteiger partial charge in [-0.05, 0) is 31.9 Å². The summed E-state index contributed by atoms with van der Waals surface area (Å²) < 4.78 is 32.3. The molecule has 1 aliphatic rings. The van der Waals surface area contributed by atoms with E-state index in [-0.39, 0.29) is 10.6 Å². The third-order valence-corrected chi connectivity index (χ3v) is 7.07. The first-order valence-corrected chi connectivity index (χ1v) is 8.88. The highest BCUT2D eigenvalue weighted by molar-refractivity contribution is 7.91. The number of methoxy groups -OCH3 is 1. The van der Waals surface area contributed by atoms with Gasteiger partial charge in [0.05, 0.1) is 12.0 Å². The summed E-state index contributed by atoms with van der Waals surface area (Å²) >= 11 is 1.02. The maximum atomic E-state index is 12.6. The molecule has 0 bridgehead atoms. The van der Waals surface area contributed by atoms with Crippen LogP contribution in [0.2, 0.25) is 0 Å². The van der Waals surface area contributed by atoms with Gasteiger partial charge in [0.25, 0.3) is 10.0 Å². The molecule has 2 rings (SSSR count). The molecule has 1 aromatic heterocycles. The van der Waals surface area contributed by atoms with Crippen molar-refractivity contribution in [1.29, 1.82) is 0 Å². The Morgan fingerprint density at radius 1 is 1.52 bits per heavy atom. The minimum atomic E-state index is -3.58. The van der Waals surface area contributed by atoms with Crippen molar-refractivity contribution < 1.29 is 23.1 Å². The van der Waals surface area contributed by atoms with Crippen molar-refractivity contribution in [1.82, 2.24) is 4.31 Å². The fraction of sp³-hybridized carbons (Fsp3) is 0.615. The number of thiophene rings is 1. The molecule has 2 heterocycles. The van der Waals surface area contributed by atoms with Gasteiger partial charge in [0, 0.05) is 25.1 Å². The van der Waals surface area contributed by atoms with Crippen LogP contribution in [0.5, 0.6) is 0 Å². The van der Waals surface area contributed by atoms with E-state index in [0.717, 1.165) is 24.2 Å². The second-order valence-electron chi connectivity index (χ2n) is 5.39. The number of sulfonamides is 1. The maximum Gasteiger partial charge on any atom is 0.308 e. The minimum Gasteiger partial charge on any atom is -0.481 e. The standard InChI is InChI=1S/C13H19NO5S2/c1-13(19-2)6-3-7-14(9-13)21(17,18)12-5-4-10(20-12)8-11(15)16/h4-5H,3,6-9H2,1-2H3,(H,15,16). The van der Waals surface area contributed by atoms with Crippen LogP contribution in [0.1, 0.15) is 24.6 Å². The summed E-state index contributed by atoms with van der Waals surface area (Å²) in [4.78, 5) is 11.2. The zero-order valence-electron chi connectivity index (χ0n) is 12.0. The Kier molecular flexibility index (Phi) is 4.72. The van der Waals surface area contributed by atoms with E-state index in [0.29, 0.717) is 18.0 Å². The van der Waals surface area contributed by atoms with Gasteiger partial charge in [-0.3, -0.25) is 4.79 Å². The predicted octanol–water partition coefficient (Wildman–Crippen LogP) is 1.56. The van der Waals surface area contributed by atoms with E-state index in [4.69, 9.17) is 9.84 Å². The molecule has 1 aromatic rings. The quantitative estimate of drug-likeness (QED) is 0.884. The Labute approximate surface area is 128 Å². The zero-order chi connectivity index (χ0) is 15.7. The summed E-state index contributed by atoms with van der Waals surface area (Å²) in [7, 11) is -1.99.